The lowest BCUT2D eigenvalue weighted by Crippen LogP contribution is -2.48. The van der Waals surface area contributed by atoms with Crippen LogP contribution in [0.3, 0.4) is 0 Å². The van der Waals surface area contributed by atoms with Crippen LogP contribution in [0, 0.1) is 5.92 Å². The van der Waals surface area contributed by atoms with Crippen LogP contribution in [0.15, 0.2) is 54.6 Å². The lowest BCUT2D eigenvalue weighted by molar-refractivity contribution is 0.104. The highest BCUT2D eigenvalue weighted by Gasteiger charge is 2.18. The highest BCUT2D eigenvalue weighted by Crippen LogP contribution is 2.25. The van der Waals surface area contributed by atoms with Gasteiger partial charge in [-0.1, -0.05) is 37.3 Å². The van der Waals surface area contributed by atoms with Crippen LogP contribution in [0.2, 0.25) is 0 Å². The summed E-state index contributed by atoms with van der Waals surface area (Å²) in [5, 5.41) is 0. The second kappa shape index (κ2) is 13.2. The molecule has 0 spiro atoms. The summed E-state index contributed by atoms with van der Waals surface area (Å²) in [7, 11) is 2.16. The SMILES string of the molecule is CC(C)N1CCN(Cc2ccccc2)CC1.CC1CCN(c2ccc(N(C)C(C)C)cc2)CC1. The van der Waals surface area contributed by atoms with Crippen molar-refractivity contribution >= 4 is 11.4 Å². The van der Waals surface area contributed by atoms with Crippen LogP contribution < -0.4 is 9.80 Å². The zero-order valence-electron chi connectivity index (χ0n) is 22.6. The monoisotopic (exact) mass is 464 g/mol. The van der Waals surface area contributed by atoms with Gasteiger partial charge in [0.15, 0.2) is 0 Å². The summed E-state index contributed by atoms with van der Waals surface area (Å²) in [6.45, 7) is 19.7. The van der Waals surface area contributed by atoms with E-state index in [1.165, 1.54) is 69.0 Å². The number of anilines is 2. The van der Waals surface area contributed by atoms with E-state index in [9.17, 15) is 0 Å². The molecule has 0 atom stereocenters. The second-order valence-corrected chi connectivity index (χ2v) is 10.8. The fourth-order valence-electron chi connectivity index (χ4n) is 4.74. The smallest absolute Gasteiger partial charge is 0.0367 e. The van der Waals surface area contributed by atoms with Gasteiger partial charge in [0.2, 0.25) is 0 Å². The fraction of sp³-hybridized carbons (Fsp3) is 0.600. The molecule has 0 saturated carbocycles. The summed E-state index contributed by atoms with van der Waals surface area (Å²) in [6, 6.07) is 21.0. The molecule has 0 unspecified atom stereocenters. The zero-order chi connectivity index (χ0) is 24.5. The molecule has 2 aromatic rings. The minimum absolute atomic E-state index is 0.548. The van der Waals surface area contributed by atoms with E-state index in [1.54, 1.807) is 0 Å². The molecule has 0 aromatic heterocycles. The first-order valence-electron chi connectivity index (χ1n) is 13.4. The van der Waals surface area contributed by atoms with Crippen molar-refractivity contribution in [2.24, 2.45) is 5.92 Å². The van der Waals surface area contributed by atoms with Crippen LogP contribution in [0.5, 0.6) is 0 Å². The van der Waals surface area contributed by atoms with Crippen LogP contribution in [0.1, 0.15) is 53.0 Å². The number of piperazine rings is 1. The Kier molecular flexibility index (Phi) is 10.3. The van der Waals surface area contributed by atoms with Gasteiger partial charge in [-0.15, -0.1) is 0 Å². The molecule has 0 radical (unpaired) electrons. The maximum Gasteiger partial charge on any atom is 0.0367 e. The molecular formula is C30H48N4. The minimum atomic E-state index is 0.548. The summed E-state index contributed by atoms with van der Waals surface area (Å²) in [6.07, 6.45) is 2.65. The van der Waals surface area contributed by atoms with E-state index in [2.05, 4.69) is 116 Å². The first kappa shape index (κ1) is 26.6. The Bertz CT molecular complexity index is 801. The van der Waals surface area contributed by atoms with Crippen molar-refractivity contribution in [3.8, 4) is 0 Å². The topological polar surface area (TPSA) is 13.0 Å². The van der Waals surface area contributed by atoms with Gasteiger partial charge in [0.05, 0.1) is 0 Å². The molecule has 0 aliphatic carbocycles. The Morgan fingerprint density at radius 2 is 1.38 bits per heavy atom. The number of nitrogens with zero attached hydrogens (tertiary/aromatic N) is 4. The Hall–Kier alpha value is -2.04. The molecule has 2 saturated heterocycles. The van der Waals surface area contributed by atoms with Crippen LogP contribution in [0.25, 0.3) is 0 Å². The molecule has 2 aliphatic heterocycles. The van der Waals surface area contributed by atoms with Crippen LogP contribution in [-0.4, -0.2) is 68.2 Å². The summed E-state index contributed by atoms with van der Waals surface area (Å²) in [5.41, 5.74) is 4.11. The van der Waals surface area contributed by atoms with Crippen molar-refractivity contribution in [1.82, 2.24) is 9.80 Å². The Morgan fingerprint density at radius 3 is 1.91 bits per heavy atom. The van der Waals surface area contributed by atoms with Gasteiger partial charge in [0, 0.05) is 76.3 Å². The van der Waals surface area contributed by atoms with Crippen molar-refractivity contribution in [2.75, 3.05) is 56.1 Å². The van der Waals surface area contributed by atoms with E-state index < -0.39 is 0 Å². The van der Waals surface area contributed by atoms with Crippen molar-refractivity contribution in [3.63, 3.8) is 0 Å². The molecule has 2 aliphatic rings. The van der Waals surface area contributed by atoms with Gasteiger partial charge in [-0.2, -0.15) is 0 Å². The molecule has 0 bridgehead atoms. The maximum absolute atomic E-state index is 2.56. The average molecular weight is 465 g/mol. The average Bonchev–Trinajstić information content (AvgIpc) is 2.85. The fourth-order valence-corrected chi connectivity index (χ4v) is 4.74. The van der Waals surface area contributed by atoms with E-state index >= 15 is 0 Å². The van der Waals surface area contributed by atoms with Gasteiger partial charge in [-0.05, 0) is 76.3 Å². The Labute approximate surface area is 209 Å². The Morgan fingerprint density at radius 1 is 0.794 bits per heavy atom. The van der Waals surface area contributed by atoms with E-state index in [1.807, 2.05) is 0 Å². The van der Waals surface area contributed by atoms with Gasteiger partial charge < -0.3 is 9.80 Å². The van der Waals surface area contributed by atoms with E-state index in [-0.39, 0.29) is 0 Å². The van der Waals surface area contributed by atoms with E-state index in [4.69, 9.17) is 0 Å². The minimum Gasteiger partial charge on any atom is -0.372 e. The molecule has 4 rings (SSSR count). The quantitative estimate of drug-likeness (QED) is 0.521. The third kappa shape index (κ3) is 8.02. The highest BCUT2D eigenvalue weighted by molar-refractivity contribution is 5.56. The van der Waals surface area contributed by atoms with Gasteiger partial charge in [-0.25, -0.2) is 0 Å². The predicted octanol–water partition coefficient (Wildman–Crippen LogP) is 5.98. The largest absolute Gasteiger partial charge is 0.372 e. The first-order valence-corrected chi connectivity index (χ1v) is 13.4. The number of piperidine rings is 1. The number of hydrogen-bond donors (Lipinski definition) is 0. The first-order chi connectivity index (χ1) is 16.3. The summed E-state index contributed by atoms with van der Waals surface area (Å²) >= 11 is 0. The summed E-state index contributed by atoms with van der Waals surface area (Å²) in [5.74, 6) is 0.896. The molecular weight excluding hydrogens is 416 g/mol. The lowest BCUT2D eigenvalue weighted by atomic mass is 9.99. The van der Waals surface area contributed by atoms with E-state index in [0.717, 1.165) is 12.5 Å². The molecule has 2 aromatic carbocycles. The number of benzene rings is 2. The molecule has 4 nitrogen and oxygen atoms in total. The molecule has 2 heterocycles. The van der Waals surface area contributed by atoms with Crippen LogP contribution in [-0.2, 0) is 6.54 Å². The Balaban J connectivity index is 0.000000192. The van der Waals surface area contributed by atoms with Crippen LogP contribution >= 0.6 is 0 Å². The molecule has 2 fully saturated rings. The van der Waals surface area contributed by atoms with Gasteiger partial charge >= 0.3 is 0 Å². The maximum atomic E-state index is 2.56. The molecule has 0 amide bonds. The molecule has 34 heavy (non-hydrogen) atoms. The van der Waals surface area contributed by atoms with E-state index in [0.29, 0.717) is 12.1 Å². The second-order valence-electron chi connectivity index (χ2n) is 10.8. The number of rotatable bonds is 6. The number of hydrogen-bond acceptors (Lipinski definition) is 4. The van der Waals surface area contributed by atoms with Crippen molar-refractivity contribution in [3.05, 3.63) is 60.2 Å². The normalized spacial score (nSPS) is 18.2. The van der Waals surface area contributed by atoms with Crippen molar-refractivity contribution in [1.29, 1.82) is 0 Å². The third-order valence-electron chi connectivity index (χ3n) is 7.57. The van der Waals surface area contributed by atoms with Crippen molar-refractivity contribution < 1.29 is 0 Å². The predicted molar refractivity (Wildman–Crippen MR) is 149 cm³/mol. The zero-order valence-corrected chi connectivity index (χ0v) is 22.6. The van der Waals surface area contributed by atoms with Crippen molar-refractivity contribution in [2.45, 2.75) is 66.1 Å². The highest BCUT2D eigenvalue weighted by atomic mass is 15.3. The molecule has 0 N–H and O–H groups in total. The standard InChI is InChI=1S/C16H26N2.C14H22N2/c1-13(2)17(4)15-5-7-16(8-6-15)18-11-9-14(3)10-12-18;1-13(2)16-10-8-15(9-11-16)12-14-6-4-3-5-7-14/h5-8,13-14H,9-12H2,1-4H3;3-7,13H,8-12H2,1-2H3. The third-order valence-corrected chi connectivity index (χ3v) is 7.57. The van der Waals surface area contributed by atoms with Gasteiger partial charge in [-0.3, -0.25) is 9.80 Å². The van der Waals surface area contributed by atoms with Gasteiger partial charge in [0.25, 0.3) is 0 Å². The summed E-state index contributed by atoms with van der Waals surface area (Å²) < 4.78 is 0. The summed E-state index contributed by atoms with van der Waals surface area (Å²) in [4.78, 5) is 9.93. The van der Waals surface area contributed by atoms with Gasteiger partial charge in [0.1, 0.15) is 0 Å². The lowest BCUT2D eigenvalue weighted by Gasteiger charge is -2.36. The molecule has 188 valence electrons. The molecule has 4 heteroatoms. The van der Waals surface area contributed by atoms with Crippen LogP contribution in [0.4, 0.5) is 11.4 Å².